The minimum absolute atomic E-state index is 0.0902. The summed E-state index contributed by atoms with van der Waals surface area (Å²) in [4.78, 5) is 36.1. The van der Waals surface area contributed by atoms with E-state index < -0.39 is 16.1 Å². The Morgan fingerprint density at radius 1 is 1.06 bits per heavy atom. The van der Waals surface area contributed by atoms with Crippen molar-refractivity contribution in [3.8, 4) is 5.75 Å². The van der Waals surface area contributed by atoms with Gasteiger partial charge in [0.1, 0.15) is 5.75 Å². The number of methoxy groups -OCH3 is 1. The smallest absolute Gasteiger partial charge is 0.269 e. The summed E-state index contributed by atoms with van der Waals surface area (Å²) in [5, 5.41) is 16.4. The van der Waals surface area contributed by atoms with Crippen molar-refractivity contribution in [2.75, 3.05) is 17.7 Å². The molecule has 1 atom stereocenters. The molecule has 2 N–H and O–H groups in total. The fourth-order valence-corrected chi connectivity index (χ4v) is 3.95. The van der Waals surface area contributed by atoms with Crippen LogP contribution in [0, 0.1) is 10.1 Å². The van der Waals surface area contributed by atoms with Gasteiger partial charge in [-0.25, -0.2) is 0 Å². The Bertz CT molecular complexity index is 1190. The van der Waals surface area contributed by atoms with Gasteiger partial charge in [0, 0.05) is 33.3 Å². The molecule has 33 heavy (non-hydrogen) atoms. The molecular formula is C23H20ClN3O5S. The van der Waals surface area contributed by atoms with Crippen LogP contribution in [0.3, 0.4) is 0 Å². The van der Waals surface area contributed by atoms with E-state index in [0.717, 1.165) is 4.90 Å². The average molecular weight is 486 g/mol. The Balaban J connectivity index is 1.64. The first-order chi connectivity index (χ1) is 15.8. The van der Waals surface area contributed by atoms with E-state index >= 15 is 0 Å². The Kier molecular flexibility index (Phi) is 7.92. The third kappa shape index (κ3) is 6.47. The van der Waals surface area contributed by atoms with Crippen LogP contribution in [0.2, 0.25) is 5.02 Å². The number of ether oxygens (including phenoxy) is 1. The number of halogens is 1. The molecule has 1 unspecified atom stereocenters. The second kappa shape index (κ2) is 10.8. The largest absolute Gasteiger partial charge is 0.495 e. The number of nitrogens with zero attached hydrogens (tertiary/aromatic N) is 1. The number of non-ortho nitro benzene ring substituents is 1. The Hall–Kier alpha value is -3.56. The molecular weight excluding hydrogens is 466 g/mol. The molecule has 3 aromatic rings. The van der Waals surface area contributed by atoms with Gasteiger partial charge in [0.25, 0.3) is 11.6 Å². The highest BCUT2D eigenvalue weighted by molar-refractivity contribution is 8.00. The van der Waals surface area contributed by atoms with Gasteiger partial charge >= 0.3 is 0 Å². The second-order valence-electron chi connectivity index (χ2n) is 6.88. The number of nitro benzene ring substituents is 1. The van der Waals surface area contributed by atoms with Gasteiger partial charge in [0.2, 0.25) is 5.91 Å². The van der Waals surface area contributed by atoms with Gasteiger partial charge < -0.3 is 15.4 Å². The first-order valence-corrected chi connectivity index (χ1v) is 11.0. The highest BCUT2D eigenvalue weighted by Gasteiger charge is 2.17. The maximum atomic E-state index is 12.7. The van der Waals surface area contributed by atoms with Gasteiger partial charge in [-0.05, 0) is 55.5 Å². The van der Waals surface area contributed by atoms with Crippen LogP contribution in [-0.4, -0.2) is 29.1 Å². The maximum absolute atomic E-state index is 12.7. The van der Waals surface area contributed by atoms with Crippen molar-refractivity contribution in [2.24, 2.45) is 0 Å². The number of nitro groups is 1. The number of amides is 2. The van der Waals surface area contributed by atoms with Crippen molar-refractivity contribution >= 4 is 52.2 Å². The maximum Gasteiger partial charge on any atom is 0.269 e. The number of benzene rings is 3. The number of carbonyl (C=O) groups is 2. The molecule has 0 fully saturated rings. The third-order valence-electron chi connectivity index (χ3n) is 4.53. The molecule has 0 heterocycles. The summed E-state index contributed by atoms with van der Waals surface area (Å²) in [5.74, 6) is -0.132. The third-order valence-corrected chi connectivity index (χ3v) is 5.86. The second-order valence-corrected chi connectivity index (χ2v) is 8.73. The topological polar surface area (TPSA) is 111 Å². The van der Waals surface area contributed by atoms with E-state index in [1.807, 2.05) is 6.07 Å². The van der Waals surface area contributed by atoms with E-state index in [1.54, 1.807) is 43.3 Å². The molecule has 0 radical (unpaired) electrons. The lowest BCUT2D eigenvalue weighted by molar-refractivity contribution is -0.384. The van der Waals surface area contributed by atoms with E-state index in [4.69, 9.17) is 16.3 Å². The van der Waals surface area contributed by atoms with Crippen LogP contribution in [0.15, 0.2) is 71.6 Å². The quantitative estimate of drug-likeness (QED) is 0.243. The van der Waals surface area contributed by atoms with Gasteiger partial charge in [-0.3, -0.25) is 19.7 Å². The number of anilines is 2. The standard InChI is InChI=1S/C23H20ClN3O5S/c1-14(22(28)26-20-12-16(24)8-11-21(20)32-2)33-19-5-3-4-17(13-19)25-23(29)15-6-9-18(10-7-15)27(30)31/h3-14H,1-2H3,(H,25,29)(H,26,28). The number of hydrogen-bond acceptors (Lipinski definition) is 6. The minimum atomic E-state index is -0.526. The van der Waals surface area contributed by atoms with Crippen molar-refractivity contribution in [3.05, 3.63) is 87.4 Å². The summed E-state index contributed by atoms with van der Waals surface area (Å²) >= 11 is 7.33. The zero-order valence-corrected chi connectivity index (χ0v) is 19.3. The van der Waals surface area contributed by atoms with Crippen LogP contribution in [0.5, 0.6) is 5.75 Å². The first kappa shape index (κ1) is 24.1. The van der Waals surface area contributed by atoms with Gasteiger partial charge in [-0.1, -0.05) is 17.7 Å². The van der Waals surface area contributed by atoms with Crippen LogP contribution in [0.25, 0.3) is 0 Å². The lowest BCUT2D eigenvalue weighted by atomic mass is 10.2. The molecule has 2 amide bonds. The fraction of sp³-hybridized carbons (Fsp3) is 0.130. The minimum Gasteiger partial charge on any atom is -0.495 e. The predicted octanol–water partition coefficient (Wildman–Crippen LogP) is 5.63. The Labute approximate surface area is 199 Å². The number of rotatable bonds is 8. The molecule has 0 bridgehead atoms. The van der Waals surface area contributed by atoms with E-state index in [1.165, 1.54) is 43.1 Å². The molecule has 0 aliphatic rings. The van der Waals surface area contributed by atoms with Gasteiger partial charge in [-0.2, -0.15) is 0 Å². The highest BCUT2D eigenvalue weighted by atomic mass is 35.5. The highest BCUT2D eigenvalue weighted by Crippen LogP contribution is 2.30. The SMILES string of the molecule is COc1ccc(Cl)cc1NC(=O)C(C)Sc1cccc(NC(=O)c2ccc([N+](=O)[O-])cc2)c1. The van der Waals surface area contributed by atoms with Crippen molar-refractivity contribution in [3.63, 3.8) is 0 Å². The molecule has 170 valence electrons. The van der Waals surface area contributed by atoms with E-state index in [-0.39, 0.29) is 11.6 Å². The Morgan fingerprint density at radius 3 is 2.45 bits per heavy atom. The number of thioether (sulfide) groups is 1. The summed E-state index contributed by atoms with van der Waals surface area (Å²) in [6, 6.07) is 17.3. The molecule has 0 saturated carbocycles. The van der Waals surface area contributed by atoms with Crippen molar-refractivity contribution < 1.29 is 19.2 Å². The molecule has 0 saturated heterocycles. The lowest BCUT2D eigenvalue weighted by Crippen LogP contribution is -2.22. The van der Waals surface area contributed by atoms with Crippen LogP contribution < -0.4 is 15.4 Å². The van der Waals surface area contributed by atoms with Crippen LogP contribution in [0.1, 0.15) is 17.3 Å². The number of hydrogen-bond donors (Lipinski definition) is 2. The summed E-state index contributed by atoms with van der Waals surface area (Å²) in [5.41, 5.74) is 1.22. The molecule has 8 nitrogen and oxygen atoms in total. The summed E-state index contributed by atoms with van der Waals surface area (Å²) in [6.07, 6.45) is 0. The van der Waals surface area contributed by atoms with Crippen LogP contribution in [-0.2, 0) is 4.79 Å². The molecule has 0 spiro atoms. The molecule has 0 aliphatic heterocycles. The summed E-state index contributed by atoms with van der Waals surface area (Å²) < 4.78 is 5.25. The molecule has 10 heteroatoms. The van der Waals surface area contributed by atoms with Crippen LogP contribution >= 0.6 is 23.4 Å². The fourth-order valence-electron chi connectivity index (χ4n) is 2.85. The first-order valence-electron chi connectivity index (χ1n) is 9.73. The number of carbonyl (C=O) groups excluding carboxylic acids is 2. The van der Waals surface area contributed by atoms with E-state index in [9.17, 15) is 19.7 Å². The average Bonchev–Trinajstić information content (AvgIpc) is 2.79. The van der Waals surface area contributed by atoms with Gasteiger partial charge in [-0.15, -0.1) is 11.8 Å². The van der Waals surface area contributed by atoms with Crippen molar-refractivity contribution in [1.82, 2.24) is 0 Å². The predicted molar refractivity (Wildman–Crippen MR) is 129 cm³/mol. The molecule has 0 aliphatic carbocycles. The van der Waals surface area contributed by atoms with Gasteiger partial charge in [0.15, 0.2) is 0 Å². The monoisotopic (exact) mass is 485 g/mol. The normalized spacial score (nSPS) is 11.4. The molecule has 3 rings (SSSR count). The van der Waals surface area contributed by atoms with E-state index in [2.05, 4.69) is 10.6 Å². The molecule has 3 aromatic carbocycles. The van der Waals surface area contributed by atoms with E-state index in [0.29, 0.717) is 27.7 Å². The van der Waals surface area contributed by atoms with Crippen molar-refractivity contribution in [2.45, 2.75) is 17.1 Å². The molecule has 0 aromatic heterocycles. The zero-order valence-electron chi connectivity index (χ0n) is 17.7. The van der Waals surface area contributed by atoms with Crippen LogP contribution in [0.4, 0.5) is 17.1 Å². The Morgan fingerprint density at radius 2 is 1.79 bits per heavy atom. The van der Waals surface area contributed by atoms with Crippen molar-refractivity contribution in [1.29, 1.82) is 0 Å². The lowest BCUT2D eigenvalue weighted by Gasteiger charge is -2.15. The summed E-state index contributed by atoms with van der Waals surface area (Å²) in [6.45, 7) is 1.76. The zero-order chi connectivity index (χ0) is 24.0. The van der Waals surface area contributed by atoms with Gasteiger partial charge in [0.05, 0.1) is 23.0 Å². The number of nitrogens with one attached hydrogen (secondary N) is 2. The summed E-state index contributed by atoms with van der Waals surface area (Å²) in [7, 11) is 1.51.